The summed E-state index contributed by atoms with van der Waals surface area (Å²) >= 11 is 5.91. The van der Waals surface area contributed by atoms with Crippen LogP contribution < -0.4 is 5.56 Å². The molecule has 0 spiro atoms. The highest BCUT2D eigenvalue weighted by atomic mass is 35.5. The third-order valence-corrected chi connectivity index (χ3v) is 4.49. The standard InChI is InChI=1S/C18H14ClN5O2/c19-13-3-1-12(2-4-13)15-5-6-17(25)24(22-15)14-10-23(11-14)18(26)16-9-20-7-8-21-16/h1-9,14H,10-11H2. The van der Waals surface area contributed by atoms with Crippen molar-refractivity contribution in [3.8, 4) is 11.3 Å². The van der Waals surface area contributed by atoms with Crippen molar-refractivity contribution in [1.29, 1.82) is 0 Å². The second-order valence-corrected chi connectivity index (χ2v) is 6.40. The number of benzene rings is 1. The maximum absolute atomic E-state index is 12.3. The van der Waals surface area contributed by atoms with Gasteiger partial charge in [0.1, 0.15) is 5.69 Å². The van der Waals surface area contributed by atoms with E-state index in [0.29, 0.717) is 29.5 Å². The van der Waals surface area contributed by atoms with E-state index in [1.54, 1.807) is 23.1 Å². The lowest BCUT2D eigenvalue weighted by atomic mass is 10.1. The molecule has 130 valence electrons. The van der Waals surface area contributed by atoms with E-state index in [4.69, 9.17) is 11.6 Å². The predicted octanol–water partition coefficient (Wildman–Crippen LogP) is 2.05. The van der Waals surface area contributed by atoms with Gasteiger partial charge in [-0.2, -0.15) is 5.10 Å². The summed E-state index contributed by atoms with van der Waals surface area (Å²) in [4.78, 5) is 34.0. The smallest absolute Gasteiger partial charge is 0.274 e. The lowest BCUT2D eigenvalue weighted by Crippen LogP contribution is -2.53. The number of halogens is 1. The highest BCUT2D eigenvalue weighted by molar-refractivity contribution is 6.30. The van der Waals surface area contributed by atoms with E-state index in [-0.39, 0.29) is 17.5 Å². The Hall–Kier alpha value is -3.06. The Morgan fingerprint density at radius 1 is 1.08 bits per heavy atom. The summed E-state index contributed by atoms with van der Waals surface area (Å²) in [7, 11) is 0. The molecule has 7 nitrogen and oxygen atoms in total. The number of likely N-dealkylation sites (tertiary alicyclic amines) is 1. The Morgan fingerprint density at radius 3 is 2.54 bits per heavy atom. The van der Waals surface area contributed by atoms with Crippen LogP contribution in [-0.2, 0) is 0 Å². The van der Waals surface area contributed by atoms with Crippen molar-refractivity contribution in [3.63, 3.8) is 0 Å². The highest BCUT2D eigenvalue weighted by Gasteiger charge is 2.34. The number of aromatic nitrogens is 4. The fourth-order valence-electron chi connectivity index (χ4n) is 2.81. The Kier molecular flexibility index (Phi) is 4.22. The number of rotatable bonds is 3. The van der Waals surface area contributed by atoms with Crippen LogP contribution in [-0.4, -0.2) is 43.6 Å². The Morgan fingerprint density at radius 2 is 1.85 bits per heavy atom. The first kappa shape index (κ1) is 16.4. The van der Waals surface area contributed by atoms with Crippen molar-refractivity contribution in [1.82, 2.24) is 24.6 Å². The van der Waals surface area contributed by atoms with E-state index >= 15 is 0 Å². The molecule has 8 heteroatoms. The second kappa shape index (κ2) is 6.68. The largest absolute Gasteiger partial charge is 0.333 e. The van der Waals surface area contributed by atoms with Crippen LogP contribution >= 0.6 is 11.6 Å². The molecular formula is C18H14ClN5O2. The van der Waals surface area contributed by atoms with Crippen LogP contribution in [0.4, 0.5) is 0 Å². The molecule has 2 aromatic heterocycles. The quantitative estimate of drug-likeness (QED) is 0.707. The number of nitrogens with zero attached hydrogens (tertiary/aromatic N) is 5. The molecule has 3 heterocycles. The van der Waals surface area contributed by atoms with E-state index in [0.717, 1.165) is 5.56 Å². The SMILES string of the molecule is O=C(c1cnccn1)N1CC(n2nc(-c3ccc(Cl)cc3)ccc2=O)C1. The highest BCUT2D eigenvalue weighted by Crippen LogP contribution is 2.23. The zero-order valence-electron chi connectivity index (χ0n) is 13.6. The molecule has 0 saturated carbocycles. The van der Waals surface area contributed by atoms with Crippen molar-refractivity contribution in [2.45, 2.75) is 6.04 Å². The van der Waals surface area contributed by atoms with Gasteiger partial charge in [-0.15, -0.1) is 0 Å². The summed E-state index contributed by atoms with van der Waals surface area (Å²) in [6.45, 7) is 0.818. The Balaban J connectivity index is 1.52. The summed E-state index contributed by atoms with van der Waals surface area (Å²) in [6.07, 6.45) is 4.43. The Bertz CT molecular complexity index is 998. The molecule has 1 aliphatic rings. The van der Waals surface area contributed by atoms with Crippen LogP contribution in [0.2, 0.25) is 5.02 Å². The van der Waals surface area contributed by atoms with Crippen LogP contribution in [0.15, 0.2) is 59.8 Å². The molecule has 3 aromatic rings. The van der Waals surface area contributed by atoms with Crippen molar-refractivity contribution < 1.29 is 4.79 Å². The molecule has 1 fully saturated rings. The molecule has 0 radical (unpaired) electrons. The molecule has 0 N–H and O–H groups in total. The normalized spacial score (nSPS) is 14.1. The zero-order chi connectivity index (χ0) is 18.1. The third-order valence-electron chi connectivity index (χ3n) is 4.24. The lowest BCUT2D eigenvalue weighted by molar-refractivity contribution is 0.0487. The van der Waals surface area contributed by atoms with E-state index < -0.39 is 0 Å². The van der Waals surface area contributed by atoms with Gasteiger partial charge in [0.15, 0.2) is 0 Å². The predicted molar refractivity (Wildman–Crippen MR) is 95.9 cm³/mol. The average molecular weight is 368 g/mol. The molecule has 4 rings (SSSR count). The maximum atomic E-state index is 12.3. The van der Waals surface area contributed by atoms with E-state index in [9.17, 15) is 9.59 Å². The number of hydrogen-bond acceptors (Lipinski definition) is 5. The fourth-order valence-corrected chi connectivity index (χ4v) is 2.93. The molecule has 0 unspecified atom stereocenters. The van der Waals surface area contributed by atoms with E-state index in [2.05, 4.69) is 15.1 Å². The van der Waals surface area contributed by atoms with Gasteiger partial charge in [0, 0.05) is 42.1 Å². The first-order valence-electron chi connectivity index (χ1n) is 8.03. The number of carbonyl (C=O) groups is 1. The summed E-state index contributed by atoms with van der Waals surface area (Å²) in [5.41, 5.74) is 1.65. The lowest BCUT2D eigenvalue weighted by Gasteiger charge is -2.39. The van der Waals surface area contributed by atoms with Crippen LogP contribution in [0.25, 0.3) is 11.3 Å². The van der Waals surface area contributed by atoms with Gasteiger partial charge in [0.2, 0.25) is 0 Å². The van der Waals surface area contributed by atoms with Gasteiger partial charge in [-0.3, -0.25) is 14.6 Å². The molecular weight excluding hydrogens is 354 g/mol. The topological polar surface area (TPSA) is 81.0 Å². The van der Waals surface area contributed by atoms with Gasteiger partial charge in [0.05, 0.1) is 17.9 Å². The minimum Gasteiger partial charge on any atom is -0.333 e. The van der Waals surface area contributed by atoms with Crippen LogP contribution in [0.5, 0.6) is 0 Å². The minimum atomic E-state index is -0.198. The molecule has 0 aliphatic carbocycles. The van der Waals surface area contributed by atoms with Gasteiger partial charge in [0.25, 0.3) is 11.5 Å². The van der Waals surface area contributed by atoms with Crippen LogP contribution in [0.1, 0.15) is 16.5 Å². The molecule has 0 bridgehead atoms. The molecule has 1 aromatic carbocycles. The van der Waals surface area contributed by atoms with Gasteiger partial charge in [-0.1, -0.05) is 23.7 Å². The molecule has 1 aliphatic heterocycles. The number of amides is 1. The van der Waals surface area contributed by atoms with E-state index in [1.165, 1.54) is 29.3 Å². The maximum Gasteiger partial charge on any atom is 0.274 e. The molecule has 0 atom stereocenters. The first-order chi connectivity index (χ1) is 12.6. The average Bonchev–Trinajstić information content (AvgIpc) is 2.63. The summed E-state index contributed by atoms with van der Waals surface area (Å²) in [5, 5.41) is 5.09. The van der Waals surface area contributed by atoms with Crippen LogP contribution in [0.3, 0.4) is 0 Å². The van der Waals surface area contributed by atoms with Crippen molar-refractivity contribution in [2.75, 3.05) is 13.1 Å². The Labute approximate surface area is 153 Å². The zero-order valence-corrected chi connectivity index (χ0v) is 14.4. The monoisotopic (exact) mass is 367 g/mol. The van der Waals surface area contributed by atoms with Gasteiger partial charge < -0.3 is 4.90 Å². The first-order valence-corrected chi connectivity index (χ1v) is 8.41. The van der Waals surface area contributed by atoms with E-state index in [1.807, 2.05) is 12.1 Å². The summed E-state index contributed by atoms with van der Waals surface area (Å²) in [6, 6.07) is 10.3. The fraction of sp³-hybridized carbons (Fsp3) is 0.167. The van der Waals surface area contributed by atoms with Crippen molar-refractivity contribution in [2.24, 2.45) is 0 Å². The molecule has 26 heavy (non-hydrogen) atoms. The summed E-state index contributed by atoms with van der Waals surface area (Å²) < 4.78 is 1.43. The van der Waals surface area contributed by atoms with Crippen molar-refractivity contribution >= 4 is 17.5 Å². The van der Waals surface area contributed by atoms with Gasteiger partial charge in [-0.05, 0) is 18.2 Å². The second-order valence-electron chi connectivity index (χ2n) is 5.96. The van der Waals surface area contributed by atoms with Gasteiger partial charge >= 0.3 is 0 Å². The summed E-state index contributed by atoms with van der Waals surface area (Å²) in [5.74, 6) is -0.198. The molecule has 1 saturated heterocycles. The minimum absolute atomic E-state index is 0.157. The van der Waals surface area contributed by atoms with Crippen molar-refractivity contribution in [3.05, 3.63) is 76.1 Å². The third kappa shape index (κ3) is 3.09. The number of hydrogen-bond donors (Lipinski definition) is 0. The molecule has 1 amide bonds. The van der Waals surface area contributed by atoms with Crippen LogP contribution in [0, 0.1) is 0 Å². The van der Waals surface area contributed by atoms with Gasteiger partial charge in [-0.25, -0.2) is 9.67 Å². The number of carbonyl (C=O) groups excluding carboxylic acids is 1.